The quantitative estimate of drug-likeness (QED) is 0.722. The first-order chi connectivity index (χ1) is 11.3. The van der Waals surface area contributed by atoms with Crippen LogP contribution < -0.4 is 10.1 Å². The molecule has 3 rings (SSSR count). The number of hydrogen-bond donors (Lipinski definition) is 1. The lowest BCUT2D eigenvalue weighted by Crippen LogP contribution is -2.05. The summed E-state index contributed by atoms with van der Waals surface area (Å²) in [4.78, 5) is 8.83. The standard InChI is InChI=1S/C17H18N4OS/c1-22-15-7-4-5-13(11-15)12-16-20-17(23-21-16)19-10-8-14-6-2-3-9-18-14/h2-7,9,11H,8,10,12H2,1H3,(H,19,20,21). The van der Waals surface area contributed by atoms with E-state index in [1.807, 2.05) is 42.6 Å². The number of methoxy groups -OCH3 is 1. The lowest BCUT2D eigenvalue weighted by Gasteiger charge is -2.02. The second kappa shape index (κ2) is 7.69. The summed E-state index contributed by atoms with van der Waals surface area (Å²) in [6, 6.07) is 13.9. The van der Waals surface area contributed by atoms with Crippen LogP contribution in [0.1, 0.15) is 17.1 Å². The molecule has 0 atom stereocenters. The number of benzene rings is 1. The van der Waals surface area contributed by atoms with E-state index in [0.29, 0.717) is 6.42 Å². The van der Waals surface area contributed by atoms with Crippen molar-refractivity contribution in [3.05, 3.63) is 65.7 Å². The third-order valence-electron chi connectivity index (χ3n) is 3.35. The Balaban J connectivity index is 1.53. The fraction of sp³-hybridized carbons (Fsp3) is 0.235. The van der Waals surface area contributed by atoms with Gasteiger partial charge >= 0.3 is 0 Å². The predicted molar refractivity (Wildman–Crippen MR) is 92.1 cm³/mol. The number of nitrogens with zero attached hydrogens (tertiary/aromatic N) is 3. The van der Waals surface area contributed by atoms with Gasteiger partial charge in [-0.3, -0.25) is 4.98 Å². The molecule has 23 heavy (non-hydrogen) atoms. The number of aromatic nitrogens is 3. The third-order valence-corrected chi connectivity index (χ3v) is 4.06. The lowest BCUT2D eigenvalue weighted by atomic mass is 10.1. The van der Waals surface area contributed by atoms with Gasteiger partial charge in [-0.1, -0.05) is 18.2 Å². The van der Waals surface area contributed by atoms with Crippen molar-refractivity contribution >= 4 is 16.7 Å². The molecule has 118 valence electrons. The van der Waals surface area contributed by atoms with Crippen molar-refractivity contribution < 1.29 is 4.74 Å². The van der Waals surface area contributed by atoms with E-state index in [4.69, 9.17) is 4.74 Å². The van der Waals surface area contributed by atoms with Crippen LogP contribution in [0.2, 0.25) is 0 Å². The normalized spacial score (nSPS) is 10.5. The van der Waals surface area contributed by atoms with Crippen LogP contribution in [-0.2, 0) is 12.8 Å². The Morgan fingerprint density at radius 1 is 1.17 bits per heavy atom. The maximum atomic E-state index is 5.24. The van der Waals surface area contributed by atoms with Crippen molar-refractivity contribution in [1.82, 2.24) is 14.3 Å². The van der Waals surface area contributed by atoms with Gasteiger partial charge in [-0.2, -0.15) is 4.37 Å². The van der Waals surface area contributed by atoms with Gasteiger partial charge in [0.15, 0.2) is 0 Å². The van der Waals surface area contributed by atoms with Crippen LogP contribution in [0.4, 0.5) is 5.13 Å². The number of pyridine rings is 1. The van der Waals surface area contributed by atoms with Gasteiger partial charge in [0.05, 0.1) is 7.11 Å². The average molecular weight is 326 g/mol. The summed E-state index contributed by atoms with van der Waals surface area (Å²) in [5, 5.41) is 4.15. The molecule has 0 amide bonds. The maximum absolute atomic E-state index is 5.24. The first kappa shape index (κ1) is 15.4. The highest BCUT2D eigenvalue weighted by atomic mass is 32.1. The van der Waals surface area contributed by atoms with Crippen LogP contribution in [0.25, 0.3) is 0 Å². The Labute approximate surface area is 139 Å². The summed E-state index contributed by atoms with van der Waals surface area (Å²) in [6.07, 6.45) is 3.38. The highest BCUT2D eigenvalue weighted by Crippen LogP contribution is 2.17. The fourth-order valence-electron chi connectivity index (χ4n) is 2.21. The molecule has 0 aliphatic heterocycles. The molecule has 0 radical (unpaired) electrons. The van der Waals surface area contributed by atoms with E-state index in [9.17, 15) is 0 Å². The van der Waals surface area contributed by atoms with Gasteiger partial charge in [0, 0.05) is 42.8 Å². The number of anilines is 1. The van der Waals surface area contributed by atoms with Crippen LogP contribution in [0.15, 0.2) is 48.7 Å². The van der Waals surface area contributed by atoms with Gasteiger partial charge in [0.25, 0.3) is 0 Å². The summed E-state index contributed by atoms with van der Waals surface area (Å²) in [7, 11) is 1.67. The van der Waals surface area contributed by atoms with E-state index in [-0.39, 0.29) is 0 Å². The first-order valence-electron chi connectivity index (χ1n) is 7.43. The maximum Gasteiger partial charge on any atom is 0.202 e. The SMILES string of the molecule is COc1cccc(Cc2nsc(NCCc3ccccn3)n2)c1. The average Bonchev–Trinajstić information content (AvgIpc) is 3.03. The molecule has 0 spiro atoms. The Morgan fingerprint density at radius 3 is 2.96 bits per heavy atom. The molecule has 3 aromatic rings. The highest BCUT2D eigenvalue weighted by molar-refractivity contribution is 7.09. The molecule has 0 saturated carbocycles. The van der Waals surface area contributed by atoms with E-state index in [0.717, 1.165) is 40.9 Å². The molecule has 2 aromatic heterocycles. The molecule has 0 unspecified atom stereocenters. The number of rotatable bonds is 7. The van der Waals surface area contributed by atoms with Crippen LogP contribution >= 0.6 is 11.5 Å². The zero-order chi connectivity index (χ0) is 15.9. The van der Waals surface area contributed by atoms with E-state index in [2.05, 4.69) is 25.7 Å². The molecule has 0 bridgehead atoms. The minimum absolute atomic E-state index is 0.704. The topological polar surface area (TPSA) is 59.9 Å². The van der Waals surface area contributed by atoms with Gasteiger partial charge in [-0.25, -0.2) is 4.98 Å². The second-order valence-corrected chi connectivity index (χ2v) is 5.79. The molecule has 6 heteroatoms. The van der Waals surface area contributed by atoms with Crippen molar-refractivity contribution in [3.8, 4) is 5.75 Å². The van der Waals surface area contributed by atoms with Crippen molar-refractivity contribution in [3.63, 3.8) is 0 Å². The van der Waals surface area contributed by atoms with Crippen LogP contribution in [0, 0.1) is 0 Å². The largest absolute Gasteiger partial charge is 0.497 e. The monoisotopic (exact) mass is 326 g/mol. The van der Waals surface area contributed by atoms with Gasteiger partial charge in [-0.05, 0) is 29.8 Å². The minimum atomic E-state index is 0.704. The molecule has 5 nitrogen and oxygen atoms in total. The number of nitrogens with one attached hydrogen (secondary N) is 1. The molecular formula is C17H18N4OS. The predicted octanol–water partition coefficient (Wildman–Crippen LogP) is 3.19. The Hall–Kier alpha value is -2.47. The Kier molecular flexibility index (Phi) is 5.16. The lowest BCUT2D eigenvalue weighted by molar-refractivity contribution is 0.414. The molecular weight excluding hydrogens is 308 g/mol. The van der Waals surface area contributed by atoms with Crippen LogP contribution in [0.5, 0.6) is 5.75 Å². The zero-order valence-electron chi connectivity index (χ0n) is 12.9. The van der Waals surface area contributed by atoms with Gasteiger partial charge < -0.3 is 10.1 Å². The van der Waals surface area contributed by atoms with Crippen molar-refractivity contribution in [2.24, 2.45) is 0 Å². The van der Waals surface area contributed by atoms with Crippen molar-refractivity contribution in [2.45, 2.75) is 12.8 Å². The first-order valence-corrected chi connectivity index (χ1v) is 8.20. The molecule has 1 aromatic carbocycles. The minimum Gasteiger partial charge on any atom is -0.497 e. The van der Waals surface area contributed by atoms with Crippen molar-refractivity contribution in [1.29, 1.82) is 0 Å². The molecule has 0 aliphatic rings. The zero-order valence-corrected chi connectivity index (χ0v) is 13.7. The molecule has 0 saturated heterocycles. The molecule has 0 fully saturated rings. The third kappa shape index (κ3) is 4.50. The van der Waals surface area contributed by atoms with Crippen molar-refractivity contribution in [2.75, 3.05) is 19.0 Å². The smallest absolute Gasteiger partial charge is 0.202 e. The molecule has 2 heterocycles. The van der Waals surface area contributed by atoms with Crippen LogP contribution in [-0.4, -0.2) is 28.0 Å². The van der Waals surface area contributed by atoms with E-state index >= 15 is 0 Å². The summed E-state index contributed by atoms with van der Waals surface area (Å²) in [6.45, 7) is 0.796. The summed E-state index contributed by atoms with van der Waals surface area (Å²) >= 11 is 1.39. The Bertz CT molecular complexity index is 745. The van der Waals surface area contributed by atoms with E-state index in [1.165, 1.54) is 11.5 Å². The highest BCUT2D eigenvalue weighted by Gasteiger charge is 2.06. The Morgan fingerprint density at radius 2 is 2.13 bits per heavy atom. The number of hydrogen-bond acceptors (Lipinski definition) is 6. The van der Waals surface area contributed by atoms with Crippen LogP contribution in [0.3, 0.4) is 0 Å². The fourth-order valence-corrected chi connectivity index (χ4v) is 2.82. The van der Waals surface area contributed by atoms with Gasteiger partial charge in [-0.15, -0.1) is 0 Å². The number of ether oxygens (including phenoxy) is 1. The second-order valence-electron chi connectivity index (χ2n) is 5.04. The summed E-state index contributed by atoms with van der Waals surface area (Å²) in [5.41, 5.74) is 2.21. The van der Waals surface area contributed by atoms with E-state index < -0.39 is 0 Å². The summed E-state index contributed by atoms with van der Waals surface area (Å²) in [5.74, 6) is 1.68. The summed E-state index contributed by atoms with van der Waals surface area (Å²) < 4.78 is 9.64. The molecule has 1 N–H and O–H groups in total. The van der Waals surface area contributed by atoms with Gasteiger partial charge in [0.2, 0.25) is 5.13 Å². The van der Waals surface area contributed by atoms with E-state index in [1.54, 1.807) is 7.11 Å². The molecule has 0 aliphatic carbocycles. The van der Waals surface area contributed by atoms with Gasteiger partial charge in [0.1, 0.15) is 11.6 Å².